The summed E-state index contributed by atoms with van der Waals surface area (Å²) in [7, 11) is 0. The van der Waals surface area contributed by atoms with Crippen molar-refractivity contribution < 1.29 is 50.0 Å². The van der Waals surface area contributed by atoms with Gasteiger partial charge in [0.25, 0.3) is 0 Å². The topological polar surface area (TPSA) is 60.7 Å². The Kier molecular flexibility index (Phi) is 21.7. The average Bonchev–Trinajstić information content (AvgIpc) is 1.65. The minimum absolute atomic E-state index is 0. The second kappa shape index (κ2) is 10.8. The Bertz CT molecular complexity index is 31.7. The quantitative estimate of drug-likeness (QED) is 0.494. The first-order valence-electron chi connectivity index (χ1n) is 1.71. The molecule has 0 rings (SSSR count). The summed E-state index contributed by atoms with van der Waals surface area (Å²) in [6, 6.07) is 0. The maximum Gasteiger partial charge on any atom is 0.100 e. The molecule has 50 valence electrons. The summed E-state index contributed by atoms with van der Waals surface area (Å²) in [5, 5.41) is 24.0. The van der Waals surface area contributed by atoms with Gasteiger partial charge in [-0.2, -0.15) is 0 Å². The molecule has 5 heteroatoms. The van der Waals surface area contributed by atoms with Crippen LogP contribution in [0.1, 0.15) is 0 Å². The van der Waals surface area contributed by atoms with Crippen LogP contribution in [0.5, 0.6) is 0 Å². The van der Waals surface area contributed by atoms with Gasteiger partial charge in [-0.05, 0) is 0 Å². The molecule has 0 atom stereocenters. The molecule has 3 nitrogen and oxygen atoms in total. The summed E-state index contributed by atoms with van der Waals surface area (Å²) in [4.78, 5) is 0. The zero-order chi connectivity index (χ0) is 4.99. The van der Waals surface area contributed by atoms with Crippen LogP contribution in [0.4, 0.5) is 0 Å². The maximum atomic E-state index is 8.17. The van der Waals surface area contributed by atoms with Gasteiger partial charge in [0.1, 0.15) is 6.10 Å². The monoisotopic (exact) mass is 196 g/mol. The van der Waals surface area contributed by atoms with Gasteiger partial charge in [-0.15, -0.1) is 0 Å². The van der Waals surface area contributed by atoms with E-state index in [0.717, 1.165) is 0 Å². The van der Waals surface area contributed by atoms with Crippen molar-refractivity contribution in [3.8, 4) is 0 Å². The molecule has 0 aliphatic heterocycles. The Morgan fingerprint density at radius 3 is 1.25 bits per heavy atom. The second-order valence-corrected chi connectivity index (χ2v) is 1.02. The summed E-state index contributed by atoms with van der Waals surface area (Å²) < 4.78 is 0. The first-order valence-corrected chi connectivity index (χ1v) is 1.71. The minimum atomic E-state index is -0.954. The summed E-state index contributed by atoms with van der Waals surface area (Å²) >= 11 is 0. The van der Waals surface area contributed by atoms with E-state index in [1.807, 2.05) is 0 Å². The van der Waals surface area contributed by atoms with E-state index in [-0.39, 0.29) is 47.9 Å². The van der Waals surface area contributed by atoms with Gasteiger partial charge in [-0.1, -0.05) is 0 Å². The fraction of sp³-hybridized carbons (Fsp3) is 1.00. The van der Waals surface area contributed by atoms with Gasteiger partial charge in [0.2, 0.25) is 0 Å². The molecule has 0 heterocycles. The SMILES string of the molecule is OCC(O)CO.[Cr].[Cr]. The predicted octanol–water partition coefficient (Wildman–Crippen LogP) is -1.67. The van der Waals surface area contributed by atoms with Crippen LogP contribution in [-0.2, 0) is 34.7 Å². The van der Waals surface area contributed by atoms with Gasteiger partial charge in [-0.3, -0.25) is 0 Å². The largest absolute Gasteiger partial charge is 0.394 e. The molecule has 0 saturated carbocycles. The van der Waals surface area contributed by atoms with E-state index in [2.05, 4.69) is 0 Å². The van der Waals surface area contributed by atoms with Crippen molar-refractivity contribution in [1.29, 1.82) is 0 Å². The van der Waals surface area contributed by atoms with E-state index in [1.54, 1.807) is 0 Å². The Morgan fingerprint density at radius 1 is 1.00 bits per heavy atom. The molecule has 0 aromatic heterocycles. The molecule has 8 heavy (non-hydrogen) atoms. The van der Waals surface area contributed by atoms with Crippen molar-refractivity contribution in [2.24, 2.45) is 0 Å². The summed E-state index contributed by atoms with van der Waals surface area (Å²) in [6.45, 7) is -0.729. The van der Waals surface area contributed by atoms with Gasteiger partial charge in [0, 0.05) is 34.7 Å². The average molecular weight is 196 g/mol. The molecule has 0 amide bonds. The fourth-order valence-corrected chi connectivity index (χ4v) is 0.0577. The standard InChI is InChI=1S/C3H8O3.2Cr/c4-1-3(6)2-5;;/h3-6H,1-2H2;;. The van der Waals surface area contributed by atoms with E-state index in [4.69, 9.17) is 15.3 Å². The molecule has 0 aliphatic carbocycles. The molecule has 0 aromatic rings. The third-order valence-electron chi connectivity index (χ3n) is 0.421. The van der Waals surface area contributed by atoms with Crippen LogP contribution in [0.15, 0.2) is 0 Å². The van der Waals surface area contributed by atoms with E-state index in [9.17, 15) is 0 Å². The van der Waals surface area contributed by atoms with Crippen LogP contribution in [0, 0.1) is 0 Å². The number of aliphatic hydroxyl groups is 3. The smallest absolute Gasteiger partial charge is 0.100 e. The normalized spacial score (nSPS) is 7.50. The molecule has 0 aromatic carbocycles. The van der Waals surface area contributed by atoms with Crippen molar-refractivity contribution in [2.45, 2.75) is 6.10 Å². The van der Waals surface area contributed by atoms with Gasteiger partial charge in [0.05, 0.1) is 13.2 Å². The Labute approximate surface area is 69.6 Å². The van der Waals surface area contributed by atoms with Crippen molar-refractivity contribution in [2.75, 3.05) is 13.2 Å². The maximum absolute atomic E-state index is 8.17. The van der Waals surface area contributed by atoms with Crippen molar-refractivity contribution >= 4 is 0 Å². The number of rotatable bonds is 2. The molecule has 0 radical (unpaired) electrons. The van der Waals surface area contributed by atoms with Gasteiger partial charge in [0.15, 0.2) is 0 Å². The van der Waals surface area contributed by atoms with Crippen molar-refractivity contribution in [3.05, 3.63) is 0 Å². The van der Waals surface area contributed by atoms with E-state index < -0.39 is 6.10 Å². The first kappa shape index (κ1) is 16.0. The number of aliphatic hydroxyl groups excluding tert-OH is 3. The summed E-state index contributed by atoms with van der Waals surface area (Å²) in [5.74, 6) is 0. The Balaban J connectivity index is -0.000000125. The number of hydrogen-bond acceptors (Lipinski definition) is 3. The van der Waals surface area contributed by atoms with Crippen LogP contribution in [0.3, 0.4) is 0 Å². The Morgan fingerprint density at radius 2 is 1.25 bits per heavy atom. The van der Waals surface area contributed by atoms with Gasteiger partial charge < -0.3 is 15.3 Å². The van der Waals surface area contributed by atoms with Crippen LogP contribution in [-0.4, -0.2) is 34.6 Å². The zero-order valence-corrected chi connectivity index (χ0v) is 6.70. The van der Waals surface area contributed by atoms with E-state index >= 15 is 0 Å². The van der Waals surface area contributed by atoms with E-state index in [1.165, 1.54) is 0 Å². The van der Waals surface area contributed by atoms with Crippen molar-refractivity contribution in [3.63, 3.8) is 0 Å². The molecule has 0 fully saturated rings. The molecule has 0 bridgehead atoms. The minimum Gasteiger partial charge on any atom is -0.394 e. The number of hydrogen-bond donors (Lipinski definition) is 3. The molecule has 0 aliphatic rings. The third kappa shape index (κ3) is 10.0. The summed E-state index contributed by atoms with van der Waals surface area (Å²) in [5.41, 5.74) is 0. The van der Waals surface area contributed by atoms with Gasteiger partial charge in [-0.25, -0.2) is 0 Å². The fourth-order valence-electron chi connectivity index (χ4n) is 0.0577. The van der Waals surface area contributed by atoms with E-state index in [0.29, 0.717) is 0 Å². The Hall–Kier alpha value is 0.945. The molecular formula is C3H8Cr2O3. The van der Waals surface area contributed by atoms with Crippen molar-refractivity contribution in [1.82, 2.24) is 0 Å². The van der Waals surface area contributed by atoms with Crippen LogP contribution >= 0.6 is 0 Å². The summed E-state index contributed by atoms with van der Waals surface area (Å²) in [6.07, 6.45) is -0.954. The molecule has 0 spiro atoms. The van der Waals surface area contributed by atoms with Crippen LogP contribution < -0.4 is 0 Å². The van der Waals surface area contributed by atoms with Crippen LogP contribution in [0.2, 0.25) is 0 Å². The molecular weight excluding hydrogens is 188 g/mol. The first-order chi connectivity index (χ1) is 2.81. The zero-order valence-electron chi connectivity index (χ0n) is 4.15. The molecule has 3 N–H and O–H groups in total. The molecule has 0 unspecified atom stereocenters. The van der Waals surface area contributed by atoms with Gasteiger partial charge >= 0.3 is 0 Å². The molecule has 0 saturated heterocycles. The second-order valence-electron chi connectivity index (χ2n) is 1.02. The predicted molar refractivity (Wildman–Crippen MR) is 20.2 cm³/mol. The van der Waals surface area contributed by atoms with Crippen LogP contribution in [0.25, 0.3) is 0 Å². The third-order valence-corrected chi connectivity index (χ3v) is 0.421.